The number of nitrogens with zero attached hydrogens (tertiary/aromatic N) is 1. The molecule has 0 saturated heterocycles. The Labute approximate surface area is 169 Å². The quantitative estimate of drug-likeness (QED) is 0.614. The summed E-state index contributed by atoms with van der Waals surface area (Å²) in [5.74, 6) is 0.729. The van der Waals surface area contributed by atoms with Crippen LogP contribution in [0.5, 0.6) is 11.5 Å². The monoisotopic (exact) mass is 405 g/mol. The SMILES string of the molecule is CC(C)c1cc(Cc2c(Cl)cc(OCC(=O)CCC#N)cc2Cl)ccc1O. The van der Waals surface area contributed by atoms with E-state index in [1.54, 1.807) is 18.2 Å². The van der Waals surface area contributed by atoms with Crippen molar-refractivity contribution in [3.8, 4) is 17.6 Å². The first-order valence-electron chi connectivity index (χ1n) is 8.63. The molecule has 27 heavy (non-hydrogen) atoms. The molecule has 0 saturated carbocycles. The average molecular weight is 406 g/mol. The number of rotatable bonds is 8. The molecule has 0 heterocycles. The predicted octanol–water partition coefficient (Wildman–Crippen LogP) is 5.66. The first kappa shape index (κ1) is 21.1. The second-order valence-corrected chi connectivity index (χ2v) is 7.39. The zero-order chi connectivity index (χ0) is 20.0. The Balaban J connectivity index is 2.14. The fourth-order valence-electron chi connectivity index (χ4n) is 2.64. The van der Waals surface area contributed by atoms with Gasteiger partial charge in [-0.25, -0.2) is 0 Å². The molecule has 2 rings (SSSR count). The van der Waals surface area contributed by atoms with Gasteiger partial charge < -0.3 is 9.84 Å². The van der Waals surface area contributed by atoms with E-state index in [0.717, 1.165) is 16.7 Å². The number of Topliss-reactive ketones (excluding diaryl/α,β-unsaturated/α-hetero) is 1. The Morgan fingerprint density at radius 3 is 2.48 bits per heavy atom. The van der Waals surface area contributed by atoms with E-state index in [-0.39, 0.29) is 36.9 Å². The standard InChI is InChI=1S/C21H21Cl2NO3/c1-13(2)17-8-14(5-6-21(17)26)9-18-19(22)10-16(11-20(18)23)27-12-15(25)4-3-7-24/h5-6,8,10-11,13,26H,3-4,9,12H2,1-2H3. The molecule has 0 fully saturated rings. The van der Waals surface area contributed by atoms with Crippen LogP contribution in [0.2, 0.25) is 10.0 Å². The van der Waals surface area contributed by atoms with E-state index in [1.165, 1.54) is 0 Å². The molecule has 142 valence electrons. The van der Waals surface area contributed by atoms with Gasteiger partial charge in [0.25, 0.3) is 0 Å². The van der Waals surface area contributed by atoms with Crippen molar-refractivity contribution in [2.24, 2.45) is 0 Å². The molecule has 0 aliphatic carbocycles. The lowest BCUT2D eigenvalue weighted by molar-refractivity contribution is -0.120. The number of nitriles is 1. The third kappa shape index (κ3) is 5.89. The maximum Gasteiger partial charge on any atom is 0.171 e. The van der Waals surface area contributed by atoms with E-state index in [9.17, 15) is 9.90 Å². The van der Waals surface area contributed by atoms with Crippen LogP contribution in [-0.2, 0) is 11.2 Å². The van der Waals surface area contributed by atoms with Crippen LogP contribution in [0.25, 0.3) is 0 Å². The van der Waals surface area contributed by atoms with Crippen molar-refractivity contribution in [2.75, 3.05) is 6.61 Å². The highest BCUT2D eigenvalue weighted by Crippen LogP contribution is 2.34. The molecule has 2 aromatic rings. The Morgan fingerprint density at radius 2 is 1.89 bits per heavy atom. The first-order valence-corrected chi connectivity index (χ1v) is 9.38. The van der Waals surface area contributed by atoms with E-state index in [1.807, 2.05) is 32.0 Å². The van der Waals surface area contributed by atoms with Gasteiger partial charge >= 0.3 is 0 Å². The van der Waals surface area contributed by atoms with Crippen molar-refractivity contribution >= 4 is 29.0 Å². The third-order valence-electron chi connectivity index (χ3n) is 4.12. The fraction of sp³-hybridized carbons (Fsp3) is 0.333. The number of ether oxygens (including phenoxy) is 1. The Hall–Kier alpha value is -2.22. The lowest BCUT2D eigenvalue weighted by Crippen LogP contribution is -2.10. The number of phenols is 1. The first-order chi connectivity index (χ1) is 12.8. The number of carbonyl (C=O) groups excluding carboxylic acids is 1. The molecule has 0 atom stereocenters. The number of hydrogen-bond acceptors (Lipinski definition) is 4. The average Bonchev–Trinajstić information content (AvgIpc) is 2.62. The highest BCUT2D eigenvalue weighted by atomic mass is 35.5. The molecule has 2 aromatic carbocycles. The highest BCUT2D eigenvalue weighted by molar-refractivity contribution is 6.36. The number of phenolic OH excluding ortho intramolecular Hbond substituents is 1. The molecule has 0 radical (unpaired) electrons. The maximum absolute atomic E-state index is 11.6. The van der Waals surface area contributed by atoms with E-state index >= 15 is 0 Å². The Kier molecular flexibility index (Phi) is 7.53. The molecular formula is C21H21Cl2NO3. The molecular weight excluding hydrogens is 385 g/mol. The van der Waals surface area contributed by atoms with E-state index in [0.29, 0.717) is 22.2 Å². The van der Waals surface area contributed by atoms with Crippen LogP contribution in [0, 0.1) is 11.3 Å². The van der Waals surface area contributed by atoms with Crippen molar-refractivity contribution in [3.05, 3.63) is 57.1 Å². The second kappa shape index (κ2) is 9.64. The summed E-state index contributed by atoms with van der Waals surface area (Å²) in [6.45, 7) is 3.91. The second-order valence-electron chi connectivity index (χ2n) is 6.58. The summed E-state index contributed by atoms with van der Waals surface area (Å²) in [5, 5.41) is 19.3. The summed E-state index contributed by atoms with van der Waals surface area (Å²) in [5.41, 5.74) is 2.61. The molecule has 0 spiro atoms. The number of benzene rings is 2. The molecule has 0 aliphatic rings. The number of halogens is 2. The minimum atomic E-state index is -0.154. The van der Waals surface area contributed by atoms with Crippen LogP contribution >= 0.6 is 23.2 Å². The normalized spacial score (nSPS) is 10.7. The molecule has 0 unspecified atom stereocenters. The lowest BCUT2D eigenvalue weighted by atomic mass is 9.96. The predicted molar refractivity (Wildman–Crippen MR) is 107 cm³/mol. The third-order valence-corrected chi connectivity index (χ3v) is 4.80. The highest BCUT2D eigenvalue weighted by Gasteiger charge is 2.13. The summed E-state index contributed by atoms with van der Waals surface area (Å²) in [6, 6.07) is 10.6. The van der Waals surface area contributed by atoms with Gasteiger partial charge in [-0.05, 0) is 40.8 Å². The van der Waals surface area contributed by atoms with Crippen molar-refractivity contribution in [1.82, 2.24) is 0 Å². The number of aromatic hydroxyl groups is 1. The van der Waals surface area contributed by atoms with Crippen molar-refractivity contribution in [1.29, 1.82) is 5.26 Å². The van der Waals surface area contributed by atoms with Crippen LogP contribution in [0.15, 0.2) is 30.3 Å². The summed E-state index contributed by atoms with van der Waals surface area (Å²) in [7, 11) is 0. The van der Waals surface area contributed by atoms with Gasteiger partial charge in [0.15, 0.2) is 5.78 Å². The van der Waals surface area contributed by atoms with E-state index < -0.39 is 0 Å². The minimum absolute atomic E-state index is 0.122. The Morgan fingerprint density at radius 1 is 1.22 bits per heavy atom. The van der Waals surface area contributed by atoms with Gasteiger partial charge in [0.2, 0.25) is 0 Å². The smallest absolute Gasteiger partial charge is 0.171 e. The van der Waals surface area contributed by atoms with Crippen LogP contribution in [-0.4, -0.2) is 17.5 Å². The van der Waals surface area contributed by atoms with Gasteiger partial charge in [0.1, 0.15) is 18.1 Å². The van der Waals surface area contributed by atoms with Gasteiger partial charge in [0, 0.05) is 29.3 Å². The van der Waals surface area contributed by atoms with Gasteiger partial charge in [-0.3, -0.25) is 4.79 Å². The van der Waals surface area contributed by atoms with Crippen molar-refractivity contribution in [3.63, 3.8) is 0 Å². The number of ketones is 1. The zero-order valence-corrected chi connectivity index (χ0v) is 16.8. The van der Waals surface area contributed by atoms with Crippen LogP contribution in [0.1, 0.15) is 49.3 Å². The van der Waals surface area contributed by atoms with Crippen molar-refractivity contribution < 1.29 is 14.6 Å². The summed E-state index contributed by atoms with van der Waals surface area (Å²) < 4.78 is 5.44. The van der Waals surface area contributed by atoms with E-state index in [2.05, 4.69) is 0 Å². The Bertz CT molecular complexity index is 849. The molecule has 4 nitrogen and oxygen atoms in total. The summed E-state index contributed by atoms with van der Waals surface area (Å²) in [4.78, 5) is 11.6. The van der Waals surface area contributed by atoms with Gasteiger partial charge in [-0.1, -0.05) is 49.2 Å². The molecule has 0 aromatic heterocycles. The number of carbonyl (C=O) groups is 1. The van der Waals surface area contributed by atoms with Crippen molar-refractivity contribution in [2.45, 2.75) is 39.0 Å². The lowest BCUT2D eigenvalue weighted by Gasteiger charge is -2.13. The summed E-state index contributed by atoms with van der Waals surface area (Å²) >= 11 is 12.8. The minimum Gasteiger partial charge on any atom is -0.508 e. The van der Waals surface area contributed by atoms with Gasteiger partial charge in [0.05, 0.1) is 6.07 Å². The fourth-order valence-corrected chi connectivity index (χ4v) is 3.24. The van der Waals surface area contributed by atoms with Crippen LogP contribution in [0.4, 0.5) is 0 Å². The zero-order valence-electron chi connectivity index (χ0n) is 15.3. The largest absolute Gasteiger partial charge is 0.508 e. The van der Waals surface area contributed by atoms with Crippen LogP contribution in [0.3, 0.4) is 0 Å². The van der Waals surface area contributed by atoms with Gasteiger partial charge in [-0.2, -0.15) is 5.26 Å². The molecule has 0 aliphatic heterocycles. The maximum atomic E-state index is 11.6. The van der Waals surface area contributed by atoms with E-state index in [4.69, 9.17) is 33.2 Å². The molecule has 0 bridgehead atoms. The topological polar surface area (TPSA) is 70.3 Å². The van der Waals surface area contributed by atoms with Gasteiger partial charge in [-0.15, -0.1) is 0 Å². The molecule has 1 N–H and O–H groups in total. The molecule has 6 heteroatoms. The number of hydrogen-bond donors (Lipinski definition) is 1. The summed E-state index contributed by atoms with van der Waals surface area (Å²) in [6.07, 6.45) is 0.849. The molecule has 0 amide bonds. The van der Waals surface area contributed by atoms with Crippen LogP contribution < -0.4 is 4.74 Å².